The molecule has 1 aromatic rings. The first-order valence-electron chi connectivity index (χ1n) is 8.55. The molecule has 126 valence electrons. The van der Waals surface area contributed by atoms with Gasteiger partial charge in [-0.25, -0.2) is 0 Å². The summed E-state index contributed by atoms with van der Waals surface area (Å²) in [4.78, 5) is 15.2. The zero-order valence-corrected chi connectivity index (χ0v) is 14.3. The van der Waals surface area contributed by atoms with Gasteiger partial charge in [0.2, 0.25) is 5.91 Å². The van der Waals surface area contributed by atoms with Crippen molar-refractivity contribution in [3.63, 3.8) is 0 Å². The second-order valence-corrected chi connectivity index (χ2v) is 6.94. The van der Waals surface area contributed by atoms with Crippen LogP contribution in [0.1, 0.15) is 31.2 Å². The van der Waals surface area contributed by atoms with E-state index in [-0.39, 0.29) is 11.3 Å². The van der Waals surface area contributed by atoms with Gasteiger partial charge in [0.15, 0.2) is 0 Å². The monoisotopic (exact) mass is 336 g/mol. The molecule has 1 N–H and O–H groups in total. The summed E-state index contributed by atoms with van der Waals surface area (Å²) in [5.74, 6) is 0.172. The van der Waals surface area contributed by atoms with Crippen LogP contribution in [0.5, 0.6) is 0 Å². The highest BCUT2D eigenvalue weighted by molar-refractivity contribution is 6.30. The molecule has 2 aliphatic rings. The van der Waals surface area contributed by atoms with Crippen LogP contribution in [0, 0.1) is 0 Å². The van der Waals surface area contributed by atoms with Crippen molar-refractivity contribution in [2.45, 2.75) is 31.1 Å². The summed E-state index contributed by atoms with van der Waals surface area (Å²) in [6.07, 6.45) is 4.08. The molecule has 4 nitrogen and oxygen atoms in total. The molecule has 3 rings (SSSR count). The van der Waals surface area contributed by atoms with E-state index in [2.05, 4.69) is 10.2 Å². The molecule has 1 aliphatic carbocycles. The van der Waals surface area contributed by atoms with Crippen molar-refractivity contribution >= 4 is 17.5 Å². The van der Waals surface area contributed by atoms with Gasteiger partial charge in [0.1, 0.15) is 0 Å². The molecule has 0 radical (unpaired) electrons. The molecule has 0 unspecified atom stereocenters. The van der Waals surface area contributed by atoms with Gasteiger partial charge < -0.3 is 10.1 Å². The Morgan fingerprint density at radius 3 is 2.48 bits per heavy atom. The molecule has 1 aromatic carbocycles. The highest BCUT2D eigenvalue weighted by Crippen LogP contribution is 2.41. The molecule has 0 atom stereocenters. The van der Waals surface area contributed by atoms with E-state index in [1.165, 1.54) is 0 Å². The molecular weight excluding hydrogens is 312 g/mol. The van der Waals surface area contributed by atoms with Gasteiger partial charge in [-0.1, -0.05) is 36.6 Å². The second kappa shape index (κ2) is 7.65. The SMILES string of the molecule is O=C(NCCN1CCOCC1)C1(c2ccc(Cl)cc2)CCCC1. The second-order valence-electron chi connectivity index (χ2n) is 6.51. The van der Waals surface area contributed by atoms with Crippen molar-refractivity contribution in [3.05, 3.63) is 34.9 Å². The van der Waals surface area contributed by atoms with Crippen LogP contribution in [0.3, 0.4) is 0 Å². The van der Waals surface area contributed by atoms with E-state index in [1.54, 1.807) is 0 Å². The van der Waals surface area contributed by atoms with E-state index in [0.29, 0.717) is 6.54 Å². The van der Waals surface area contributed by atoms with E-state index in [4.69, 9.17) is 16.3 Å². The number of carbonyl (C=O) groups excluding carboxylic acids is 1. The summed E-state index contributed by atoms with van der Waals surface area (Å²) >= 11 is 6.00. The van der Waals surface area contributed by atoms with E-state index in [0.717, 1.165) is 69.1 Å². The lowest BCUT2D eigenvalue weighted by Gasteiger charge is -2.30. The summed E-state index contributed by atoms with van der Waals surface area (Å²) < 4.78 is 5.35. The third-order valence-electron chi connectivity index (χ3n) is 5.11. The minimum Gasteiger partial charge on any atom is -0.379 e. The third kappa shape index (κ3) is 3.87. The predicted molar refractivity (Wildman–Crippen MR) is 91.9 cm³/mol. The zero-order valence-electron chi connectivity index (χ0n) is 13.5. The van der Waals surface area contributed by atoms with E-state index in [1.807, 2.05) is 24.3 Å². The van der Waals surface area contributed by atoms with Crippen molar-refractivity contribution < 1.29 is 9.53 Å². The van der Waals surface area contributed by atoms with Crippen molar-refractivity contribution in [1.29, 1.82) is 0 Å². The van der Waals surface area contributed by atoms with E-state index in [9.17, 15) is 4.79 Å². The van der Waals surface area contributed by atoms with Crippen LogP contribution >= 0.6 is 11.6 Å². The molecular formula is C18H25ClN2O2. The topological polar surface area (TPSA) is 41.6 Å². The lowest BCUT2D eigenvalue weighted by atomic mass is 9.78. The standard InChI is InChI=1S/C18H25ClN2O2/c19-16-5-3-15(4-6-16)18(7-1-2-8-18)17(22)20-9-10-21-11-13-23-14-12-21/h3-6H,1-2,7-14H2,(H,20,22). The zero-order chi connectivity index (χ0) is 16.1. The van der Waals surface area contributed by atoms with Crippen molar-refractivity contribution in [3.8, 4) is 0 Å². The molecule has 5 heteroatoms. The lowest BCUT2D eigenvalue weighted by Crippen LogP contribution is -2.46. The Labute approximate surface area is 143 Å². The summed E-state index contributed by atoms with van der Waals surface area (Å²) in [5, 5.41) is 3.89. The molecule has 1 heterocycles. The van der Waals surface area contributed by atoms with E-state index >= 15 is 0 Å². The number of carbonyl (C=O) groups is 1. The number of morpholine rings is 1. The van der Waals surface area contributed by atoms with Gasteiger partial charge in [-0.2, -0.15) is 0 Å². The molecule has 2 fully saturated rings. The molecule has 1 saturated heterocycles. The Hall–Kier alpha value is -1.10. The summed E-state index contributed by atoms with van der Waals surface area (Å²) in [6, 6.07) is 7.79. The van der Waals surface area contributed by atoms with Gasteiger partial charge in [-0.05, 0) is 30.5 Å². The lowest BCUT2D eigenvalue weighted by molar-refractivity contribution is -0.126. The molecule has 0 bridgehead atoms. The van der Waals surface area contributed by atoms with Crippen LogP contribution in [-0.2, 0) is 14.9 Å². The molecule has 23 heavy (non-hydrogen) atoms. The Morgan fingerprint density at radius 1 is 1.17 bits per heavy atom. The molecule has 0 spiro atoms. The number of hydrogen-bond donors (Lipinski definition) is 1. The first-order valence-corrected chi connectivity index (χ1v) is 8.93. The van der Waals surface area contributed by atoms with Crippen LogP contribution in [0.25, 0.3) is 0 Å². The number of hydrogen-bond acceptors (Lipinski definition) is 3. The maximum Gasteiger partial charge on any atom is 0.230 e. The number of ether oxygens (including phenoxy) is 1. The third-order valence-corrected chi connectivity index (χ3v) is 5.36. The first kappa shape index (κ1) is 16.7. The largest absolute Gasteiger partial charge is 0.379 e. The minimum atomic E-state index is -0.365. The van der Waals surface area contributed by atoms with Crippen molar-refractivity contribution in [2.24, 2.45) is 0 Å². The van der Waals surface area contributed by atoms with E-state index < -0.39 is 0 Å². The summed E-state index contributed by atoms with van der Waals surface area (Å²) in [6.45, 7) is 5.10. The smallest absolute Gasteiger partial charge is 0.230 e. The molecule has 1 amide bonds. The highest BCUT2D eigenvalue weighted by Gasteiger charge is 2.42. The maximum absolute atomic E-state index is 12.9. The number of nitrogens with zero attached hydrogens (tertiary/aromatic N) is 1. The Morgan fingerprint density at radius 2 is 1.83 bits per heavy atom. The van der Waals surface area contributed by atoms with Gasteiger partial charge in [-0.3, -0.25) is 9.69 Å². The fourth-order valence-electron chi connectivity index (χ4n) is 3.72. The molecule has 1 aliphatic heterocycles. The van der Waals surface area contributed by atoms with Crippen LogP contribution in [0.4, 0.5) is 0 Å². The van der Waals surface area contributed by atoms with Gasteiger partial charge in [0.25, 0.3) is 0 Å². The quantitative estimate of drug-likeness (QED) is 0.898. The Balaban J connectivity index is 1.61. The number of amides is 1. The normalized spacial score (nSPS) is 21.3. The fourth-order valence-corrected chi connectivity index (χ4v) is 3.84. The minimum absolute atomic E-state index is 0.172. The Kier molecular flexibility index (Phi) is 5.57. The number of benzene rings is 1. The summed E-state index contributed by atoms with van der Waals surface area (Å²) in [7, 11) is 0. The molecule has 1 saturated carbocycles. The van der Waals surface area contributed by atoms with Crippen LogP contribution in [0.15, 0.2) is 24.3 Å². The maximum atomic E-state index is 12.9. The van der Waals surface area contributed by atoms with Gasteiger partial charge in [-0.15, -0.1) is 0 Å². The van der Waals surface area contributed by atoms with Crippen LogP contribution in [-0.4, -0.2) is 50.2 Å². The number of nitrogens with one attached hydrogen (secondary N) is 1. The number of halogens is 1. The summed E-state index contributed by atoms with van der Waals surface area (Å²) in [5.41, 5.74) is 0.735. The number of rotatable bonds is 5. The average molecular weight is 337 g/mol. The van der Waals surface area contributed by atoms with Gasteiger partial charge in [0.05, 0.1) is 18.6 Å². The first-order chi connectivity index (χ1) is 11.2. The highest BCUT2D eigenvalue weighted by atomic mass is 35.5. The van der Waals surface area contributed by atoms with Crippen molar-refractivity contribution in [1.82, 2.24) is 10.2 Å². The average Bonchev–Trinajstić information content (AvgIpc) is 3.07. The molecule has 0 aromatic heterocycles. The van der Waals surface area contributed by atoms with Gasteiger partial charge in [0, 0.05) is 31.2 Å². The van der Waals surface area contributed by atoms with Crippen LogP contribution < -0.4 is 5.32 Å². The van der Waals surface area contributed by atoms with Gasteiger partial charge >= 0.3 is 0 Å². The van der Waals surface area contributed by atoms with Crippen LogP contribution in [0.2, 0.25) is 5.02 Å². The predicted octanol–water partition coefficient (Wildman–Crippen LogP) is 2.60. The Bertz CT molecular complexity index is 520. The van der Waals surface area contributed by atoms with Crippen molar-refractivity contribution in [2.75, 3.05) is 39.4 Å². The fraction of sp³-hybridized carbons (Fsp3) is 0.611.